The second-order valence-electron chi connectivity index (χ2n) is 2.28. The van der Waals surface area contributed by atoms with Crippen LogP contribution in [0.3, 0.4) is 0 Å². The summed E-state index contributed by atoms with van der Waals surface area (Å²) in [5.74, 6) is -0.848. The van der Waals surface area contributed by atoms with Gasteiger partial charge in [-0.05, 0) is 6.92 Å². The summed E-state index contributed by atoms with van der Waals surface area (Å²) in [4.78, 5) is 0. The summed E-state index contributed by atoms with van der Waals surface area (Å²) in [5, 5.41) is 3.10. The van der Waals surface area contributed by atoms with E-state index in [0.29, 0.717) is 4.68 Å². The predicted molar refractivity (Wildman–Crippen MR) is 31.8 cm³/mol. The minimum absolute atomic E-state index is 0.160. The Kier molecular flexibility index (Phi) is 2.08. The van der Waals surface area contributed by atoms with Gasteiger partial charge in [0.05, 0.1) is 5.69 Å². The average Bonchev–Trinajstić information content (AvgIpc) is 2.16. The smallest absolute Gasteiger partial charge is 0.257 e. The number of nitrogens with zero attached hydrogens (tertiary/aromatic N) is 2. The third-order valence-corrected chi connectivity index (χ3v) is 1.30. The molecule has 0 unspecified atom stereocenters. The van der Waals surface area contributed by atoms with Gasteiger partial charge in [0.2, 0.25) is 0 Å². The summed E-state index contributed by atoms with van der Waals surface area (Å²) in [5.41, 5.74) is -0.160. The van der Waals surface area contributed by atoms with E-state index in [4.69, 9.17) is 0 Å². The molecule has 1 rings (SSSR count). The Hall–Kier alpha value is -1.07. The molecule has 1 aromatic heterocycles. The van der Waals surface area contributed by atoms with E-state index in [1.165, 1.54) is 6.92 Å². The van der Waals surface area contributed by atoms with E-state index in [0.717, 1.165) is 0 Å². The van der Waals surface area contributed by atoms with Gasteiger partial charge in [-0.3, -0.25) is 4.68 Å². The number of alkyl halides is 3. The molecule has 0 fully saturated rings. The molecule has 0 aliphatic rings. The average molecular weight is 181 g/mol. The first-order valence-electron chi connectivity index (χ1n) is 3.07. The molecule has 0 N–H and O–H groups in total. The maximum absolute atomic E-state index is 12.4. The van der Waals surface area contributed by atoms with Gasteiger partial charge in [-0.1, -0.05) is 0 Å². The fraction of sp³-hybridized carbons (Fsp3) is 0.500. The van der Waals surface area contributed by atoms with Gasteiger partial charge in [0.25, 0.3) is 0 Å². The zero-order valence-corrected chi connectivity index (χ0v) is 6.11. The van der Waals surface area contributed by atoms with Gasteiger partial charge < -0.3 is 0 Å². The van der Waals surface area contributed by atoms with E-state index in [1.54, 1.807) is 6.20 Å². The second kappa shape index (κ2) is 2.76. The summed E-state index contributed by atoms with van der Waals surface area (Å²) < 4.78 is 48.1. The molecule has 0 aliphatic heterocycles. The van der Waals surface area contributed by atoms with E-state index in [-0.39, 0.29) is 5.69 Å². The molecule has 67 valence electrons. The van der Waals surface area contributed by atoms with Gasteiger partial charge in [-0.2, -0.15) is 18.3 Å². The molecule has 1 radical (unpaired) electrons. The quantitative estimate of drug-likeness (QED) is 0.603. The fourth-order valence-electron chi connectivity index (χ4n) is 0.697. The third-order valence-electron chi connectivity index (χ3n) is 1.30. The summed E-state index contributed by atoms with van der Waals surface area (Å²) in [6.07, 6.45) is -2.57. The van der Waals surface area contributed by atoms with Crippen molar-refractivity contribution in [2.24, 2.45) is 0 Å². The van der Waals surface area contributed by atoms with Gasteiger partial charge in [0, 0.05) is 0 Å². The van der Waals surface area contributed by atoms with Gasteiger partial charge in [-0.15, -0.1) is 0 Å². The van der Waals surface area contributed by atoms with Crippen molar-refractivity contribution in [2.75, 3.05) is 0 Å². The van der Waals surface area contributed by atoms with Crippen LogP contribution in [0.5, 0.6) is 0 Å². The molecule has 1 heterocycles. The summed E-state index contributed by atoms with van der Waals surface area (Å²) in [6.45, 7) is -0.0656. The largest absolute Gasteiger partial charge is 0.408 e. The highest BCUT2D eigenvalue weighted by atomic mass is 19.4. The van der Waals surface area contributed by atoms with E-state index in [9.17, 15) is 17.6 Å². The Bertz CT molecular complexity index is 276. The van der Waals surface area contributed by atoms with E-state index >= 15 is 0 Å². The Morgan fingerprint density at radius 3 is 2.42 bits per heavy atom. The Balaban J connectivity index is 2.83. The highest BCUT2D eigenvalue weighted by Crippen LogP contribution is 2.18. The minimum Gasteiger partial charge on any atom is -0.257 e. The highest BCUT2D eigenvalue weighted by Gasteiger charge is 2.29. The number of hydrogen-bond donors (Lipinski definition) is 0. The summed E-state index contributed by atoms with van der Waals surface area (Å²) in [7, 11) is 0. The van der Waals surface area contributed by atoms with Gasteiger partial charge in [0.1, 0.15) is 6.54 Å². The molecule has 6 heteroatoms. The molecule has 12 heavy (non-hydrogen) atoms. The molecular formula is C6H5F4N2. The van der Waals surface area contributed by atoms with Crippen molar-refractivity contribution in [3.05, 3.63) is 17.7 Å². The van der Waals surface area contributed by atoms with Crippen LogP contribution in [0.15, 0.2) is 0 Å². The lowest BCUT2D eigenvalue weighted by Gasteiger charge is -2.07. The molecule has 0 spiro atoms. The second-order valence-corrected chi connectivity index (χ2v) is 2.28. The van der Waals surface area contributed by atoms with E-state index in [2.05, 4.69) is 5.10 Å². The van der Waals surface area contributed by atoms with E-state index in [1.807, 2.05) is 0 Å². The van der Waals surface area contributed by atoms with E-state index < -0.39 is 18.5 Å². The van der Waals surface area contributed by atoms with Crippen molar-refractivity contribution in [1.82, 2.24) is 9.78 Å². The normalized spacial score (nSPS) is 12.1. The third kappa shape index (κ3) is 1.96. The highest BCUT2D eigenvalue weighted by molar-refractivity contribution is 4.99. The monoisotopic (exact) mass is 181 g/mol. The number of halogens is 4. The molecule has 0 amide bonds. The van der Waals surface area contributed by atoms with Gasteiger partial charge in [-0.25, -0.2) is 4.39 Å². The molecule has 2 nitrogen and oxygen atoms in total. The first kappa shape index (κ1) is 9.02. The van der Waals surface area contributed by atoms with Crippen molar-refractivity contribution >= 4 is 0 Å². The predicted octanol–water partition coefficient (Wildman–Crippen LogP) is 1.69. The van der Waals surface area contributed by atoms with Crippen LogP contribution in [0, 0.1) is 18.9 Å². The minimum atomic E-state index is -4.38. The zero-order valence-electron chi connectivity index (χ0n) is 6.11. The van der Waals surface area contributed by atoms with Crippen LogP contribution in [0.1, 0.15) is 5.69 Å². The van der Waals surface area contributed by atoms with Crippen LogP contribution >= 0.6 is 0 Å². The lowest BCUT2D eigenvalue weighted by atomic mass is 10.4. The number of hydrogen-bond acceptors (Lipinski definition) is 1. The van der Waals surface area contributed by atoms with Gasteiger partial charge in [0.15, 0.2) is 12.0 Å². The topological polar surface area (TPSA) is 17.8 Å². The Labute approximate surface area is 65.8 Å². The number of aromatic nitrogens is 2. The van der Waals surface area contributed by atoms with Crippen LogP contribution in [0.2, 0.25) is 0 Å². The van der Waals surface area contributed by atoms with Crippen LogP contribution in [-0.2, 0) is 6.54 Å². The molecule has 1 aromatic rings. The maximum atomic E-state index is 12.4. The van der Waals surface area contributed by atoms with Crippen LogP contribution < -0.4 is 0 Å². The van der Waals surface area contributed by atoms with Crippen LogP contribution in [-0.4, -0.2) is 16.0 Å². The SMILES string of the molecule is Cc1c(F)[c]nn1CC(F)(F)F. The van der Waals surface area contributed by atoms with Crippen molar-refractivity contribution in [1.29, 1.82) is 0 Å². The molecule has 0 aliphatic carbocycles. The summed E-state index contributed by atoms with van der Waals surface area (Å²) in [6, 6.07) is 0. The van der Waals surface area contributed by atoms with Crippen molar-refractivity contribution in [3.63, 3.8) is 0 Å². The van der Waals surface area contributed by atoms with Crippen molar-refractivity contribution in [2.45, 2.75) is 19.6 Å². The lowest BCUT2D eigenvalue weighted by molar-refractivity contribution is -0.143. The first-order valence-corrected chi connectivity index (χ1v) is 3.07. The van der Waals surface area contributed by atoms with Crippen molar-refractivity contribution in [3.8, 4) is 0 Å². The Morgan fingerprint density at radius 2 is 2.08 bits per heavy atom. The maximum Gasteiger partial charge on any atom is 0.408 e. The summed E-state index contributed by atoms with van der Waals surface area (Å²) >= 11 is 0. The fourth-order valence-corrected chi connectivity index (χ4v) is 0.697. The van der Waals surface area contributed by atoms with Crippen LogP contribution in [0.4, 0.5) is 17.6 Å². The van der Waals surface area contributed by atoms with Crippen LogP contribution in [0.25, 0.3) is 0 Å². The first-order chi connectivity index (χ1) is 5.40. The standard InChI is InChI=1S/C6H5F4N2/c1-4-5(7)2-11-12(4)3-6(8,9)10/h3H2,1H3. The van der Waals surface area contributed by atoms with Gasteiger partial charge >= 0.3 is 6.18 Å². The molecule has 0 atom stereocenters. The van der Waals surface area contributed by atoms with Crippen molar-refractivity contribution < 1.29 is 17.6 Å². The molecule has 0 aromatic carbocycles. The molecule has 0 saturated carbocycles. The molecule has 0 saturated heterocycles. The Morgan fingerprint density at radius 1 is 1.50 bits per heavy atom. The molecular weight excluding hydrogens is 176 g/mol. The number of rotatable bonds is 1. The zero-order chi connectivity index (χ0) is 9.35. The lowest BCUT2D eigenvalue weighted by Crippen LogP contribution is -2.19. The molecule has 0 bridgehead atoms.